The summed E-state index contributed by atoms with van der Waals surface area (Å²) < 4.78 is 11.3. The molecule has 1 rings (SSSR count). The Labute approximate surface area is 99.9 Å². The Morgan fingerprint density at radius 1 is 1.40 bits per heavy atom. The Morgan fingerprint density at radius 3 is 2.33 bits per heavy atom. The van der Waals surface area contributed by atoms with Gasteiger partial charge in [-0.05, 0) is 13.0 Å². The molecule has 0 aromatic heterocycles. The van der Waals surface area contributed by atoms with E-state index in [0.29, 0.717) is 0 Å². The standard InChI is InChI=1S/C8H5Cl3FNO2/c1-4-2-6(12)5(8(9,10)11)3-7(4)13(14)15/h2-3H,1H3. The fourth-order valence-corrected chi connectivity index (χ4v) is 1.51. The lowest BCUT2D eigenvalue weighted by molar-refractivity contribution is -0.385. The molecule has 15 heavy (non-hydrogen) atoms. The van der Waals surface area contributed by atoms with Crippen molar-refractivity contribution in [1.29, 1.82) is 0 Å². The lowest BCUT2D eigenvalue weighted by Gasteiger charge is -2.12. The zero-order chi connectivity index (χ0) is 11.8. The van der Waals surface area contributed by atoms with Gasteiger partial charge in [0.2, 0.25) is 3.79 Å². The van der Waals surface area contributed by atoms with Crippen molar-refractivity contribution in [2.75, 3.05) is 0 Å². The van der Waals surface area contributed by atoms with Crippen LogP contribution in [-0.4, -0.2) is 4.92 Å². The lowest BCUT2D eigenvalue weighted by atomic mass is 10.1. The minimum atomic E-state index is -2.01. The van der Waals surface area contributed by atoms with Gasteiger partial charge in [0, 0.05) is 17.2 Å². The third-order valence-electron chi connectivity index (χ3n) is 1.79. The van der Waals surface area contributed by atoms with E-state index < -0.39 is 14.5 Å². The first-order valence-corrected chi connectivity index (χ1v) is 4.88. The molecule has 1 aromatic rings. The van der Waals surface area contributed by atoms with Crippen molar-refractivity contribution < 1.29 is 9.31 Å². The van der Waals surface area contributed by atoms with Crippen molar-refractivity contribution in [3.8, 4) is 0 Å². The molecule has 0 atom stereocenters. The number of rotatable bonds is 1. The van der Waals surface area contributed by atoms with E-state index in [1.165, 1.54) is 6.92 Å². The fourth-order valence-electron chi connectivity index (χ4n) is 1.08. The van der Waals surface area contributed by atoms with E-state index in [1.54, 1.807) is 0 Å². The number of aryl methyl sites for hydroxylation is 1. The minimum absolute atomic E-state index is 0.176. The van der Waals surface area contributed by atoms with Gasteiger partial charge in [-0.25, -0.2) is 4.39 Å². The molecule has 82 valence electrons. The number of benzene rings is 1. The van der Waals surface area contributed by atoms with Crippen LogP contribution in [0.5, 0.6) is 0 Å². The molecular formula is C8H5Cl3FNO2. The lowest BCUT2D eigenvalue weighted by Crippen LogP contribution is -2.06. The van der Waals surface area contributed by atoms with Crippen LogP contribution in [0.15, 0.2) is 12.1 Å². The molecule has 0 saturated carbocycles. The van der Waals surface area contributed by atoms with Gasteiger partial charge in [-0.3, -0.25) is 10.1 Å². The van der Waals surface area contributed by atoms with Gasteiger partial charge in [0.25, 0.3) is 5.69 Å². The minimum Gasteiger partial charge on any atom is -0.258 e. The van der Waals surface area contributed by atoms with Crippen LogP contribution in [-0.2, 0) is 3.79 Å². The predicted molar refractivity (Wildman–Crippen MR) is 57.0 cm³/mol. The van der Waals surface area contributed by atoms with Crippen LogP contribution in [0.2, 0.25) is 0 Å². The van der Waals surface area contributed by atoms with Crippen molar-refractivity contribution >= 4 is 40.5 Å². The number of hydrogen-bond donors (Lipinski definition) is 0. The smallest absolute Gasteiger partial charge is 0.258 e. The average molecular weight is 272 g/mol. The molecule has 1 aromatic carbocycles. The summed E-state index contributed by atoms with van der Waals surface area (Å²) in [6, 6.07) is 1.90. The normalized spacial score (nSPS) is 11.5. The summed E-state index contributed by atoms with van der Waals surface area (Å²) in [5, 5.41) is 10.6. The number of alkyl halides is 3. The van der Waals surface area contributed by atoms with Crippen molar-refractivity contribution in [3.63, 3.8) is 0 Å². The van der Waals surface area contributed by atoms with E-state index in [4.69, 9.17) is 34.8 Å². The molecule has 0 aliphatic heterocycles. The SMILES string of the molecule is Cc1cc(F)c(C(Cl)(Cl)Cl)cc1[N+](=O)[O-]. The Hall–Kier alpha value is -0.580. The maximum Gasteiger partial charge on any atom is 0.272 e. The van der Waals surface area contributed by atoms with E-state index in [0.717, 1.165) is 12.1 Å². The van der Waals surface area contributed by atoms with E-state index in [2.05, 4.69) is 0 Å². The second kappa shape index (κ2) is 4.12. The van der Waals surface area contributed by atoms with Crippen LogP contribution in [0.1, 0.15) is 11.1 Å². The summed E-state index contributed by atoms with van der Waals surface area (Å²) >= 11 is 16.4. The van der Waals surface area contributed by atoms with Crippen LogP contribution < -0.4 is 0 Å². The highest BCUT2D eigenvalue weighted by atomic mass is 35.6. The number of nitro benzene ring substituents is 1. The quantitative estimate of drug-likeness (QED) is 0.442. The van der Waals surface area contributed by atoms with Gasteiger partial charge in [0.15, 0.2) is 0 Å². The second-order valence-electron chi connectivity index (χ2n) is 2.87. The van der Waals surface area contributed by atoms with Crippen molar-refractivity contribution in [2.24, 2.45) is 0 Å². The van der Waals surface area contributed by atoms with E-state index in [-0.39, 0.29) is 16.8 Å². The summed E-state index contributed by atoms with van der Waals surface area (Å²) in [7, 11) is 0. The van der Waals surface area contributed by atoms with Crippen LogP contribution >= 0.6 is 34.8 Å². The fraction of sp³-hybridized carbons (Fsp3) is 0.250. The summed E-state index contributed by atoms with van der Waals surface area (Å²) in [6.45, 7) is 1.41. The highest BCUT2D eigenvalue weighted by molar-refractivity contribution is 6.66. The third kappa shape index (κ3) is 2.71. The molecule has 0 fully saturated rings. The van der Waals surface area contributed by atoms with Gasteiger partial charge < -0.3 is 0 Å². The molecule has 0 heterocycles. The number of nitro groups is 1. The Bertz CT molecular complexity index is 417. The Morgan fingerprint density at radius 2 is 1.93 bits per heavy atom. The largest absolute Gasteiger partial charge is 0.272 e. The summed E-state index contributed by atoms with van der Waals surface area (Å²) in [4.78, 5) is 9.91. The number of nitrogens with zero attached hydrogens (tertiary/aromatic N) is 1. The number of hydrogen-bond acceptors (Lipinski definition) is 2. The van der Waals surface area contributed by atoms with Crippen LogP contribution in [0, 0.1) is 22.9 Å². The van der Waals surface area contributed by atoms with Crippen molar-refractivity contribution in [2.45, 2.75) is 10.7 Å². The summed E-state index contributed by atoms with van der Waals surface area (Å²) in [6.07, 6.45) is 0. The third-order valence-corrected chi connectivity index (χ3v) is 2.40. The van der Waals surface area contributed by atoms with Crippen molar-refractivity contribution in [1.82, 2.24) is 0 Å². The molecule has 0 radical (unpaired) electrons. The van der Waals surface area contributed by atoms with Gasteiger partial charge in [-0.2, -0.15) is 0 Å². The average Bonchev–Trinajstić information content (AvgIpc) is 2.00. The van der Waals surface area contributed by atoms with Crippen LogP contribution in [0.4, 0.5) is 10.1 Å². The molecule has 0 spiro atoms. The van der Waals surface area contributed by atoms with Gasteiger partial charge in [-0.15, -0.1) is 0 Å². The van der Waals surface area contributed by atoms with E-state index in [9.17, 15) is 14.5 Å². The van der Waals surface area contributed by atoms with Gasteiger partial charge in [-0.1, -0.05) is 34.8 Å². The zero-order valence-electron chi connectivity index (χ0n) is 7.43. The maximum absolute atomic E-state index is 13.3. The molecule has 0 aliphatic rings. The Balaban J connectivity index is 3.43. The first-order chi connectivity index (χ1) is 6.73. The maximum atomic E-state index is 13.3. The highest BCUT2D eigenvalue weighted by Gasteiger charge is 2.29. The van der Waals surface area contributed by atoms with Gasteiger partial charge in [0.05, 0.1) is 4.92 Å². The zero-order valence-corrected chi connectivity index (χ0v) is 9.70. The van der Waals surface area contributed by atoms with Gasteiger partial charge in [0.1, 0.15) is 5.82 Å². The second-order valence-corrected chi connectivity index (χ2v) is 5.15. The monoisotopic (exact) mass is 271 g/mol. The molecule has 0 saturated heterocycles. The van der Waals surface area contributed by atoms with E-state index in [1.807, 2.05) is 0 Å². The first-order valence-electron chi connectivity index (χ1n) is 3.75. The number of halogens is 4. The molecule has 0 bridgehead atoms. The van der Waals surface area contributed by atoms with E-state index >= 15 is 0 Å². The molecule has 0 N–H and O–H groups in total. The molecule has 0 amide bonds. The topological polar surface area (TPSA) is 43.1 Å². The first kappa shape index (κ1) is 12.5. The summed E-state index contributed by atoms with van der Waals surface area (Å²) in [5.41, 5.74) is -0.432. The summed E-state index contributed by atoms with van der Waals surface area (Å²) in [5.74, 6) is -0.780. The predicted octanol–water partition coefficient (Wildman–Crippen LogP) is 3.87. The van der Waals surface area contributed by atoms with Crippen LogP contribution in [0.3, 0.4) is 0 Å². The molecule has 0 unspecified atom stereocenters. The van der Waals surface area contributed by atoms with Gasteiger partial charge >= 0.3 is 0 Å². The van der Waals surface area contributed by atoms with Crippen LogP contribution in [0.25, 0.3) is 0 Å². The molecule has 7 heteroatoms. The highest BCUT2D eigenvalue weighted by Crippen LogP contribution is 2.41. The Kier molecular flexibility index (Phi) is 3.43. The van der Waals surface area contributed by atoms with Crippen molar-refractivity contribution in [3.05, 3.63) is 39.2 Å². The molecule has 3 nitrogen and oxygen atoms in total. The molecule has 0 aliphatic carbocycles. The molecular weight excluding hydrogens is 267 g/mol.